The highest BCUT2D eigenvalue weighted by molar-refractivity contribution is 7.89. The maximum absolute atomic E-state index is 13.2. The molecule has 1 saturated heterocycles. The third kappa shape index (κ3) is 5.30. The van der Waals surface area contributed by atoms with Gasteiger partial charge in [0, 0.05) is 19.6 Å². The van der Waals surface area contributed by atoms with Gasteiger partial charge in [-0.25, -0.2) is 8.42 Å². The van der Waals surface area contributed by atoms with Gasteiger partial charge in [0.1, 0.15) is 10.6 Å². The average Bonchev–Trinajstić information content (AvgIpc) is 3.03. The molecule has 180 valence electrons. The van der Waals surface area contributed by atoms with Crippen molar-refractivity contribution in [2.24, 2.45) is 0 Å². The van der Waals surface area contributed by atoms with Gasteiger partial charge in [-0.2, -0.15) is 4.31 Å². The number of nitrogens with one attached hydrogen (secondary N) is 1. The lowest BCUT2D eigenvalue weighted by Crippen LogP contribution is -2.45. The highest BCUT2D eigenvalue weighted by Gasteiger charge is 2.32. The Morgan fingerprint density at radius 2 is 1.59 bits per heavy atom. The topological polar surface area (TPSA) is 99.0 Å². The Bertz CT molecular complexity index is 1160. The van der Waals surface area contributed by atoms with Crippen LogP contribution in [-0.4, -0.2) is 61.4 Å². The van der Waals surface area contributed by atoms with Crippen molar-refractivity contribution >= 4 is 27.3 Å². The second kappa shape index (κ2) is 10.4. The molecule has 0 saturated carbocycles. The second-order valence-electron chi connectivity index (χ2n) is 8.23. The van der Waals surface area contributed by atoms with E-state index in [1.54, 1.807) is 18.9 Å². The smallest absolute Gasteiger partial charge is 0.252 e. The molecule has 0 bridgehead atoms. The van der Waals surface area contributed by atoms with E-state index in [0.29, 0.717) is 44.1 Å². The molecule has 4 rings (SSSR count). The van der Waals surface area contributed by atoms with Crippen LogP contribution in [0.25, 0.3) is 0 Å². The van der Waals surface area contributed by atoms with E-state index in [0.717, 1.165) is 11.4 Å². The summed E-state index contributed by atoms with van der Waals surface area (Å²) >= 11 is 0. The van der Waals surface area contributed by atoms with Crippen LogP contribution in [0, 0.1) is 13.8 Å². The predicted molar refractivity (Wildman–Crippen MR) is 129 cm³/mol. The molecule has 0 unspecified atom stereocenters. The van der Waals surface area contributed by atoms with E-state index in [2.05, 4.69) is 10.6 Å². The number of hydrogen-bond acceptors (Lipinski definition) is 7. The van der Waals surface area contributed by atoms with Crippen molar-refractivity contribution < 1.29 is 17.7 Å². The molecule has 2 heterocycles. The summed E-state index contributed by atoms with van der Waals surface area (Å²) in [5.41, 5.74) is 5.04. The fraction of sp³-hybridized carbons (Fsp3) is 0.333. The van der Waals surface area contributed by atoms with Crippen molar-refractivity contribution in [2.45, 2.75) is 25.2 Å². The van der Waals surface area contributed by atoms with E-state index >= 15 is 0 Å². The molecule has 0 spiro atoms. The number of rotatable bonds is 7. The normalized spacial score (nSPS) is 15.6. The Kier molecular flexibility index (Phi) is 7.30. The number of amides is 1. The zero-order valence-corrected chi connectivity index (χ0v) is 20.2. The summed E-state index contributed by atoms with van der Waals surface area (Å²) in [6.45, 7) is 5.14. The Labute approximate surface area is 200 Å². The Morgan fingerprint density at radius 3 is 2.15 bits per heavy atom. The Hall–Kier alpha value is -3.21. The molecule has 3 aromatic rings. The number of carbonyl (C=O) groups is 1. The summed E-state index contributed by atoms with van der Waals surface area (Å²) in [6.07, 6.45) is 0.622. The first-order chi connectivity index (χ1) is 16.4. The van der Waals surface area contributed by atoms with Crippen molar-refractivity contribution in [2.75, 3.05) is 37.7 Å². The standard InChI is InChI=1S/C24H29N5O4S/c1-19-24(20(2)33-26-19)34(31,32)28-15-9-14-27(16-17-28)18-23(30)25-29(21-10-5-3-6-11-21)22-12-7-4-8-13-22/h3-8,10-13H,9,14-18H2,1-2H3,(H,25,30). The van der Waals surface area contributed by atoms with Gasteiger partial charge in [0.2, 0.25) is 10.0 Å². The van der Waals surface area contributed by atoms with Crippen molar-refractivity contribution in [1.29, 1.82) is 0 Å². The van der Waals surface area contributed by atoms with E-state index in [9.17, 15) is 13.2 Å². The van der Waals surface area contributed by atoms with Crippen LogP contribution in [0.2, 0.25) is 0 Å². The van der Waals surface area contributed by atoms with Crippen molar-refractivity contribution in [3.63, 3.8) is 0 Å². The van der Waals surface area contributed by atoms with E-state index in [1.165, 1.54) is 4.31 Å². The molecule has 34 heavy (non-hydrogen) atoms. The Morgan fingerprint density at radius 1 is 0.971 bits per heavy atom. The summed E-state index contributed by atoms with van der Waals surface area (Å²) in [4.78, 5) is 15.1. The fourth-order valence-corrected chi connectivity index (χ4v) is 5.87. The highest BCUT2D eigenvalue weighted by atomic mass is 32.2. The molecule has 0 atom stereocenters. The van der Waals surface area contributed by atoms with E-state index < -0.39 is 10.0 Å². The summed E-state index contributed by atoms with van der Waals surface area (Å²) in [6, 6.07) is 19.2. The lowest BCUT2D eigenvalue weighted by atomic mass is 10.2. The Balaban J connectivity index is 1.42. The van der Waals surface area contributed by atoms with Gasteiger partial charge in [-0.15, -0.1) is 0 Å². The fourth-order valence-electron chi connectivity index (χ4n) is 4.11. The molecule has 2 aromatic carbocycles. The number of sulfonamides is 1. The first kappa shape index (κ1) is 23.9. The summed E-state index contributed by atoms with van der Waals surface area (Å²) in [5.74, 6) is 0.120. The lowest BCUT2D eigenvalue weighted by Gasteiger charge is -2.27. The summed E-state index contributed by atoms with van der Waals surface area (Å²) < 4.78 is 32.8. The molecular weight excluding hydrogens is 454 g/mol. The minimum atomic E-state index is -3.70. The SMILES string of the molecule is Cc1noc(C)c1S(=O)(=O)N1CCCN(CC(=O)NN(c2ccccc2)c2ccccc2)CC1. The third-order valence-electron chi connectivity index (χ3n) is 5.75. The van der Waals surface area contributed by atoms with Gasteiger partial charge in [0.25, 0.3) is 5.91 Å². The molecular formula is C24H29N5O4S. The van der Waals surface area contributed by atoms with Gasteiger partial charge in [-0.1, -0.05) is 41.6 Å². The van der Waals surface area contributed by atoms with Gasteiger partial charge >= 0.3 is 0 Å². The zero-order chi connectivity index (χ0) is 24.1. The van der Waals surface area contributed by atoms with Crippen LogP contribution in [-0.2, 0) is 14.8 Å². The quantitative estimate of drug-likeness (QED) is 0.516. The molecule has 0 aliphatic carbocycles. The average molecular weight is 484 g/mol. The largest absolute Gasteiger partial charge is 0.360 e. The number of anilines is 2. The van der Waals surface area contributed by atoms with Gasteiger partial charge in [0.05, 0.1) is 17.9 Å². The number of hydrogen-bond donors (Lipinski definition) is 1. The van der Waals surface area contributed by atoms with Crippen molar-refractivity contribution in [3.8, 4) is 0 Å². The number of para-hydroxylation sites is 2. The number of carbonyl (C=O) groups excluding carboxylic acids is 1. The van der Waals surface area contributed by atoms with Crippen molar-refractivity contribution in [1.82, 2.24) is 19.8 Å². The first-order valence-electron chi connectivity index (χ1n) is 11.2. The van der Waals surface area contributed by atoms with Crippen LogP contribution >= 0.6 is 0 Å². The molecule has 0 radical (unpaired) electrons. The molecule has 1 fully saturated rings. The maximum atomic E-state index is 13.2. The monoisotopic (exact) mass is 483 g/mol. The number of hydrazine groups is 1. The van der Waals surface area contributed by atoms with Crippen molar-refractivity contribution in [3.05, 3.63) is 72.1 Å². The first-order valence-corrected chi connectivity index (χ1v) is 12.7. The molecule has 1 aromatic heterocycles. The summed E-state index contributed by atoms with van der Waals surface area (Å²) in [7, 11) is -3.70. The van der Waals surface area contributed by atoms with Crippen LogP contribution in [0.1, 0.15) is 17.9 Å². The van der Waals surface area contributed by atoms with E-state index in [1.807, 2.05) is 65.6 Å². The predicted octanol–water partition coefficient (Wildman–Crippen LogP) is 2.86. The van der Waals surface area contributed by atoms with Gasteiger partial charge in [-0.3, -0.25) is 20.1 Å². The third-order valence-corrected chi connectivity index (χ3v) is 7.89. The summed E-state index contributed by atoms with van der Waals surface area (Å²) in [5, 5.41) is 5.54. The number of nitrogens with zero attached hydrogens (tertiary/aromatic N) is 4. The minimum absolute atomic E-state index is 0.139. The van der Waals surface area contributed by atoms with Crippen LogP contribution in [0.5, 0.6) is 0 Å². The molecule has 1 N–H and O–H groups in total. The van der Waals surface area contributed by atoms with Crippen LogP contribution in [0.3, 0.4) is 0 Å². The van der Waals surface area contributed by atoms with Crippen LogP contribution in [0.15, 0.2) is 70.1 Å². The lowest BCUT2D eigenvalue weighted by molar-refractivity contribution is -0.122. The second-order valence-corrected chi connectivity index (χ2v) is 10.1. The maximum Gasteiger partial charge on any atom is 0.252 e. The molecule has 1 amide bonds. The van der Waals surface area contributed by atoms with Gasteiger partial charge < -0.3 is 4.52 Å². The van der Waals surface area contributed by atoms with Crippen LogP contribution < -0.4 is 10.4 Å². The minimum Gasteiger partial charge on any atom is -0.360 e. The molecule has 1 aliphatic heterocycles. The number of aryl methyl sites for hydroxylation is 2. The van der Waals surface area contributed by atoms with E-state index in [4.69, 9.17) is 4.52 Å². The van der Waals surface area contributed by atoms with Gasteiger partial charge in [-0.05, 0) is 51.1 Å². The van der Waals surface area contributed by atoms with Gasteiger partial charge in [0.15, 0.2) is 5.76 Å². The number of aromatic nitrogens is 1. The zero-order valence-electron chi connectivity index (χ0n) is 19.3. The van der Waals surface area contributed by atoms with E-state index in [-0.39, 0.29) is 17.3 Å². The molecule has 1 aliphatic rings. The number of benzene rings is 2. The molecule has 10 heteroatoms. The highest BCUT2D eigenvalue weighted by Crippen LogP contribution is 2.25. The van der Waals surface area contributed by atoms with Crippen LogP contribution in [0.4, 0.5) is 11.4 Å². The molecule has 9 nitrogen and oxygen atoms in total.